The van der Waals surface area contributed by atoms with Crippen molar-refractivity contribution in [3.8, 4) is 11.5 Å². The number of methoxy groups -OCH3 is 1. The van der Waals surface area contributed by atoms with Crippen LogP contribution in [-0.4, -0.2) is 32.8 Å². The molecular weight excluding hydrogens is 264 g/mol. The number of nitrogens with one attached hydrogen (secondary N) is 2. The number of hydrogen-bond acceptors (Lipinski definition) is 4. The van der Waals surface area contributed by atoms with Gasteiger partial charge in [-0.05, 0) is 51.8 Å². The summed E-state index contributed by atoms with van der Waals surface area (Å²) in [6.45, 7) is 5.34. The third kappa shape index (κ3) is 3.01. The number of rotatable bonds is 4. The van der Waals surface area contributed by atoms with Gasteiger partial charge in [-0.2, -0.15) is 0 Å². The van der Waals surface area contributed by atoms with Crippen molar-refractivity contribution in [2.45, 2.75) is 44.2 Å². The molecule has 2 fully saturated rings. The zero-order valence-corrected chi connectivity index (χ0v) is 13.1. The van der Waals surface area contributed by atoms with Gasteiger partial charge < -0.3 is 20.1 Å². The van der Waals surface area contributed by atoms with Crippen LogP contribution >= 0.6 is 0 Å². The van der Waals surface area contributed by atoms with Crippen molar-refractivity contribution in [3.05, 3.63) is 23.8 Å². The monoisotopic (exact) mass is 290 g/mol. The molecule has 4 nitrogen and oxygen atoms in total. The lowest BCUT2D eigenvalue weighted by Crippen LogP contribution is -2.37. The van der Waals surface area contributed by atoms with Crippen LogP contribution in [0.5, 0.6) is 11.5 Å². The molecule has 0 aromatic heterocycles. The molecule has 2 aliphatic heterocycles. The molecule has 2 aliphatic rings. The second kappa shape index (κ2) is 6.24. The van der Waals surface area contributed by atoms with Crippen LogP contribution in [-0.2, 0) is 5.54 Å². The molecule has 21 heavy (non-hydrogen) atoms. The minimum atomic E-state index is -0.00444. The standard InChI is InChI=1S/C17H26N2O2/c1-17(9-5-11-19-17)14-7-3-8-15(16(14)20-2)21-13-6-4-10-18-12-13/h3,7-8,13,18-19H,4-6,9-12H2,1-2H3. The summed E-state index contributed by atoms with van der Waals surface area (Å²) in [7, 11) is 1.74. The first kappa shape index (κ1) is 14.7. The smallest absolute Gasteiger partial charge is 0.165 e. The van der Waals surface area contributed by atoms with Gasteiger partial charge in [-0.1, -0.05) is 12.1 Å². The van der Waals surface area contributed by atoms with E-state index in [1.165, 1.54) is 18.4 Å². The Bertz CT molecular complexity index is 478. The molecule has 4 heteroatoms. The Labute approximate surface area is 127 Å². The van der Waals surface area contributed by atoms with E-state index in [1.54, 1.807) is 7.11 Å². The van der Waals surface area contributed by atoms with E-state index in [2.05, 4.69) is 29.7 Å². The van der Waals surface area contributed by atoms with E-state index >= 15 is 0 Å². The molecule has 0 radical (unpaired) electrons. The number of para-hydroxylation sites is 1. The lowest BCUT2D eigenvalue weighted by molar-refractivity contribution is 0.160. The van der Waals surface area contributed by atoms with E-state index in [-0.39, 0.29) is 11.6 Å². The summed E-state index contributed by atoms with van der Waals surface area (Å²) in [5.41, 5.74) is 1.21. The zero-order valence-electron chi connectivity index (χ0n) is 13.1. The normalized spacial score (nSPS) is 29.3. The molecule has 2 heterocycles. The molecule has 2 unspecified atom stereocenters. The Balaban J connectivity index is 1.86. The van der Waals surface area contributed by atoms with Gasteiger partial charge in [0.2, 0.25) is 0 Å². The summed E-state index contributed by atoms with van der Waals surface area (Å²) in [4.78, 5) is 0. The largest absolute Gasteiger partial charge is 0.493 e. The molecule has 0 bridgehead atoms. The van der Waals surface area contributed by atoms with Gasteiger partial charge in [0.25, 0.3) is 0 Å². The van der Waals surface area contributed by atoms with Gasteiger partial charge >= 0.3 is 0 Å². The average Bonchev–Trinajstić information content (AvgIpc) is 2.96. The molecule has 0 aliphatic carbocycles. The van der Waals surface area contributed by atoms with Crippen molar-refractivity contribution in [1.82, 2.24) is 10.6 Å². The van der Waals surface area contributed by atoms with Crippen molar-refractivity contribution in [1.29, 1.82) is 0 Å². The van der Waals surface area contributed by atoms with Gasteiger partial charge in [0.05, 0.1) is 7.11 Å². The van der Waals surface area contributed by atoms with Gasteiger partial charge in [-0.3, -0.25) is 0 Å². The molecule has 2 saturated heterocycles. The third-order valence-corrected chi connectivity index (χ3v) is 4.69. The van der Waals surface area contributed by atoms with Crippen LogP contribution in [0, 0.1) is 0 Å². The van der Waals surface area contributed by atoms with Crippen LogP contribution in [0.3, 0.4) is 0 Å². The van der Waals surface area contributed by atoms with E-state index in [1.807, 2.05) is 6.07 Å². The fourth-order valence-electron chi connectivity index (χ4n) is 3.48. The van der Waals surface area contributed by atoms with Crippen LogP contribution in [0.1, 0.15) is 38.2 Å². The van der Waals surface area contributed by atoms with Crippen molar-refractivity contribution >= 4 is 0 Å². The van der Waals surface area contributed by atoms with Crippen LogP contribution in [0.2, 0.25) is 0 Å². The summed E-state index contributed by atoms with van der Waals surface area (Å²) >= 11 is 0. The topological polar surface area (TPSA) is 42.5 Å². The Hall–Kier alpha value is -1.26. The fraction of sp³-hybridized carbons (Fsp3) is 0.647. The highest BCUT2D eigenvalue weighted by molar-refractivity contribution is 5.50. The van der Waals surface area contributed by atoms with Crippen LogP contribution < -0.4 is 20.1 Å². The molecule has 0 spiro atoms. The molecule has 2 atom stereocenters. The van der Waals surface area contributed by atoms with Crippen LogP contribution in [0.4, 0.5) is 0 Å². The molecule has 0 saturated carbocycles. The highest BCUT2D eigenvalue weighted by Gasteiger charge is 2.34. The van der Waals surface area contributed by atoms with E-state index < -0.39 is 0 Å². The fourth-order valence-corrected chi connectivity index (χ4v) is 3.48. The predicted octanol–water partition coefficient (Wildman–Crippen LogP) is 2.42. The molecular formula is C17H26N2O2. The Morgan fingerprint density at radius 2 is 2.14 bits per heavy atom. The number of hydrogen-bond donors (Lipinski definition) is 2. The molecule has 1 aromatic rings. The molecule has 116 valence electrons. The van der Waals surface area contributed by atoms with E-state index in [0.29, 0.717) is 0 Å². The highest BCUT2D eigenvalue weighted by atomic mass is 16.5. The van der Waals surface area contributed by atoms with Gasteiger partial charge in [0.1, 0.15) is 6.10 Å². The maximum atomic E-state index is 6.21. The molecule has 2 N–H and O–H groups in total. The quantitative estimate of drug-likeness (QED) is 0.894. The maximum Gasteiger partial charge on any atom is 0.165 e. The SMILES string of the molecule is COc1c(OC2CCCNC2)cccc1C1(C)CCCN1. The van der Waals surface area contributed by atoms with Gasteiger partial charge in [-0.25, -0.2) is 0 Å². The van der Waals surface area contributed by atoms with Gasteiger partial charge in [-0.15, -0.1) is 0 Å². The van der Waals surface area contributed by atoms with Crippen molar-refractivity contribution in [2.24, 2.45) is 0 Å². The highest BCUT2D eigenvalue weighted by Crippen LogP contribution is 2.41. The summed E-state index contributed by atoms with van der Waals surface area (Å²) in [6, 6.07) is 6.26. The molecule has 1 aromatic carbocycles. The summed E-state index contributed by atoms with van der Waals surface area (Å²) in [5, 5.41) is 7.00. The summed E-state index contributed by atoms with van der Waals surface area (Å²) in [6.07, 6.45) is 4.86. The number of benzene rings is 1. The molecule has 0 amide bonds. The second-order valence-electron chi connectivity index (χ2n) is 6.29. The minimum Gasteiger partial charge on any atom is -0.493 e. The Morgan fingerprint density at radius 1 is 1.24 bits per heavy atom. The first-order valence-electron chi connectivity index (χ1n) is 8.03. The Morgan fingerprint density at radius 3 is 2.81 bits per heavy atom. The van der Waals surface area contributed by atoms with Crippen molar-refractivity contribution in [2.75, 3.05) is 26.7 Å². The van der Waals surface area contributed by atoms with E-state index in [9.17, 15) is 0 Å². The van der Waals surface area contributed by atoms with E-state index in [4.69, 9.17) is 9.47 Å². The first-order chi connectivity index (χ1) is 10.2. The number of ether oxygens (including phenoxy) is 2. The van der Waals surface area contributed by atoms with Crippen molar-refractivity contribution in [3.63, 3.8) is 0 Å². The average molecular weight is 290 g/mol. The van der Waals surface area contributed by atoms with Gasteiger partial charge in [0, 0.05) is 17.6 Å². The second-order valence-corrected chi connectivity index (χ2v) is 6.29. The zero-order chi connectivity index (χ0) is 14.7. The number of piperidine rings is 1. The lowest BCUT2D eigenvalue weighted by Gasteiger charge is -2.30. The minimum absolute atomic E-state index is 0.00444. The van der Waals surface area contributed by atoms with E-state index in [0.717, 1.165) is 44.0 Å². The first-order valence-corrected chi connectivity index (χ1v) is 8.03. The van der Waals surface area contributed by atoms with Crippen LogP contribution in [0.15, 0.2) is 18.2 Å². The summed E-state index contributed by atoms with van der Waals surface area (Å²) in [5.74, 6) is 1.76. The summed E-state index contributed by atoms with van der Waals surface area (Å²) < 4.78 is 11.9. The predicted molar refractivity (Wildman–Crippen MR) is 84.1 cm³/mol. The lowest BCUT2D eigenvalue weighted by atomic mass is 9.89. The van der Waals surface area contributed by atoms with Gasteiger partial charge in [0.15, 0.2) is 11.5 Å². The maximum absolute atomic E-state index is 6.21. The van der Waals surface area contributed by atoms with Crippen molar-refractivity contribution < 1.29 is 9.47 Å². The molecule has 3 rings (SSSR count). The van der Waals surface area contributed by atoms with Crippen LogP contribution in [0.25, 0.3) is 0 Å². The third-order valence-electron chi connectivity index (χ3n) is 4.69. The Kier molecular flexibility index (Phi) is 4.36.